The van der Waals surface area contributed by atoms with E-state index in [1.807, 2.05) is 11.7 Å². The van der Waals surface area contributed by atoms with Crippen molar-refractivity contribution < 1.29 is 8.78 Å². The largest absolute Gasteiger partial charge is 0.369 e. The van der Waals surface area contributed by atoms with Crippen LogP contribution in [0.5, 0.6) is 0 Å². The fraction of sp³-hybridized carbons (Fsp3) is 0.550. The zero-order chi connectivity index (χ0) is 18.8. The molecular formula is C20H27F2N5. The fourth-order valence-electron chi connectivity index (χ4n) is 4.15. The van der Waals surface area contributed by atoms with Gasteiger partial charge in [-0.1, -0.05) is 0 Å². The number of rotatable bonds is 5. The highest BCUT2D eigenvalue weighted by atomic mass is 19.2. The van der Waals surface area contributed by atoms with Gasteiger partial charge in [-0.2, -0.15) is 5.10 Å². The van der Waals surface area contributed by atoms with E-state index in [-0.39, 0.29) is 0 Å². The third-order valence-corrected chi connectivity index (χ3v) is 5.68. The molecule has 2 aliphatic rings. The number of hydrogen-bond donors (Lipinski definition) is 1. The molecule has 4 rings (SSSR count). The molecule has 5 nitrogen and oxygen atoms in total. The minimum absolute atomic E-state index is 0.758. The van der Waals surface area contributed by atoms with E-state index in [0.29, 0.717) is 0 Å². The number of fused-ring (bicyclic) bond motifs is 1. The Kier molecular flexibility index (Phi) is 5.29. The predicted octanol–water partition coefficient (Wildman–Crippen LogP) is 2.81. The molecule has 2 heterocycles. The Morgan fingerprint density at radius 3 is 2.59 bits per heavy atom. The lowest BCUT2D eigenvalue weighted by Crippen LogP contribution is -2.47. The first-order chi connectivity index (χ1) is 13.1. The molecule has 0 amide bonds. The number of halogens is 2. The number of aromatic nitrogens is 2. The molecule has 0 radical (unpaired) electrons. The summed E-state index contributed by atoms with van der Waals surface area (Å²) in [5, 5.41) is 8.23. The molecule has 27 heavy (non-hydrogen) atoms. The number of aryl methyl sites for hydroxylation is 2. The number of benzene rings is 1. The van der Waals surface area contributed by atoms with Crippen molar-refractivity contribution in [2.75, 3.05) is 49.5 Å². The Balaban J connectivity index is 1.26. The normalized spacial score (nSPS) is 17.8. The summed E-state index contributed by atoms with van der Waals surface area (Å²) in [6, 6.07) is 4.15. The van der Waals surface area contributed by atoms with Gasteiger partial charge in [0, 0.05) is 63.6 Å². The van der Waals surface area contributed by atoms with Gasteiger partial charge in [0.15, 0.2) is 11.6 Å². The first-order valence-corrected chi connectivity index (χ1v) is 9.83. The molecule has 1 N–H and O–H groups in total. The lowest BCUT2D eigenvalue weighted by atomic mass is 9.97. The van der Waals surface area contributed by atoms with Crippen molar-refractivity contribution in [2.45, 2.75) is 25.7 Å². The Bertz CT molecular complexity index is 796. The van der Waals surface area contributed by atoms with Gasteiger partial charge >= 0.3 is 0 Å². The summed E-state index contributed by atoms with van der Waals surface area (Å²) in [6.07, 6.45) is 4.71. The standard InChI is InChI=1S/C20H27F2N5/c1-25-20(16-4-2-3-5-19(16)24-25)23-8-9-26-10-12-27(13-11-26)15-6-7-17(21)18(22)14-15/h6-7,14,23H,2-5,8-13H2,1H3. The van der Waals surface area contributed by atoms with Crippen LogP contribution in [0.4, 0.5) is 20.3 Å². The van der Waals surface area contributed by atoms with Crippen molar-refractivity contribution in [3.8, 4) is 0 Å². The molecule has 2 aromatic rings. The zero-order valence-corrected chi connectivity index (χ0v) is 15.8. The number of nitrogens with one attached hydrogen (secondary N) is 1. The van der Waals surface area contributed by atoms with Crippen molar-refractivity contribution >= 4 is 11.5 Å². The Labute approximate surface area is 158 Å². The van der Waals surface area contributed by atoms with Gasteiger partial charge in [0.25, 0.3) is 0 Å². The second-order valence-corrected chi connectivity index (χ2v) is 7.46. The summed E-state index contributed by atoms with van der Waals surface area (Å²) in [5.41, 5.74) is 3.41. The third kappa shape index (κ3) is 3.93. The highest BCUT2D eigenvalue weighted by Crippen LogP contribution is 2.27. The van der Waals surface area contributed by atoms with Gasteiger partial charge in [0.05, 0.1) is 5.69 Å². The van der Waals surface area contributed by atoms with E-state index in [9.17, 15) is 8.78 Å². The average molecular weight is 375 g/mol. The first-order valence-electron chi connectivity index (χ1n) is 9.83. The van der Waals surface area contributed by atoms with Crippen molar-refractivity contribution in [2.24, 2.45) is 7.05 Å². The maximum absolute atomic E-state index is 13.4. The molecule has 1 aromatic heterocycles. The highest BCUT2D eigenvalue weighted by molar-refractivity contribution is 5.49. The average Bonchev–Trinajstić information content (AvgIpc) is 3.00. The summed E-state index contributed by atoms with van der Waals surface area (Å²) in [6.45, 7) is 5.34. The zero-order valence-electron chi connectivity index (χ0n) is 15.8. The van der Waals surface area contributed by atoms with Gasteiger partial charge in [-0.3, -0.25) is 9.58 Å². The van der Waals surface area contributed by atoms with Crippen molar-refractivity contribution in [3.05, 3.63) is 41.1 Å². The van der Waals surface area contributed by atoms with E-state index in [1.54, 1.807) is 6.07 Å². The molecule has 1 aromatic carbocycles. The topological polar surface area (TPSA) is 36.3 Å². The first kappa shape index (κ1) is 18.2. The van der Waals surface area contributed by atoms with E-state index in [0.717, 1.165) is 57.8 Å². The van der Waals surface area contributed by atoms with Gasteiger partial charge in [0.2, 0.25) is 0 Å². The molecule has 1 fully saturated rings. The maximum Gasteiger partial charge on any atom is 0.160 e. The molecule has 0 atom stereocenters. The third-order valence-electron chi connectivity index (χ3n) is 5.68. The summed E-state index contributed by atoms with van der Waals surface area (Å²) in [4.78, 5) is 4.52. The lowest BCUT2D eigenvalue weighted by molar-refractivity contribution is 0.267. The Morgan fingerprint density at radius 2 is 1.81 bits per heavy atom. The molecule has 0 bridgehead atoms. The van der Waals surface area contributed by atoms with Crippen LogP contribution in [-0.2, 0) is 19.9 Å². The molecule has 0 spiro atoms. The monoisotopic (exact) mass is 375 g/mol. The second-order valence-electron chi connectivity index (χ2n) is 7.46. The minimum atomic E-state index is -0.791. The molecule has 0 saturated carbocycles. The van der Waals surface area contributed by atoms with Crippen molar-refractivity contribution in [1.82, 2.24) is 14.7 Å². The van der Waals surface area contributed by atoms with Gasteiger partial charge in [-0.15, -0.1) is 0 Å². The second kappa shape index (κ2) is 7.84. The quantitative estimate of drug-likeness (QED) is 0.872. The summed E-state index contributed by atoms with van der Waals surface area (Å²) >= 11 is 0. The van der Waals surface area contributed by atoms with E-state index in [4.69, 9.17) is 0 Å². The summed E-state index contributed by atoms with van der Waals surface area (Å²) in [7, 11) is 2.02. The number of anilines is 2. The number of nitrogens with zero attached hydrogens (tertiary/aromatic N) is 4. The summed E-state index contributed by atoms with van der Waals surface area (Å²) < 4.78 is 28.5. The van der Waals surface area contributed by atoms with Gasteiger partial charge in [-0.05, 0) is 37.8 Å². The van der Waals surface area contributed by atoms with Crippen LogP contribution in [0.3, 0.4) is 0 Å². The number of piperazine rings is 1. The van der Waals surface area contributed by atoms with E-state index in [1.165, 1.54) is 42.0 Å². The highest BCUT2D eigenvalue weighted by Gasteiger charge is 2.20. The molecular weight excluding hydrogens is 348 g/mol. The van der Waals surface area contributed by atoms with Crippen LogP contribution < -0.4 is 10.2 Å². The van der Waals surface area contributed by atoms with Crippen LogP contribution in [0, 0.1) is 11.6 Å². The molecule has 1 aliphatic heterocycles. The maximum atomic E-state index is 13.4. The Hall–Kier alpha value is -2.15. The van der Waals surface area contributed by atoms with Crippen LogP contribution in [0.1, 0.15) is 24.1 Å². The minimum Gasteiger partial charge on any atom is -0.369 e. The number of hydrogen-bond acceptors (Lipinski definition) is 4. The lowest BCUT2D eigenvalue weighted by Gasteiger charge is -2.36. The van der Waals surface area contributed by atoms with Crippen LogP contribution in [0.25, 0.3) is 0 Å². The molecule has 1 saturated heterocycles. The Morgan fingerprint density at radius 1 is 1.04 bits per heavy atom. The smallest absolute Gasteiger partial charge is 0.160 e. The molecule has 1 aliphatic carbocycles. The molecule has 0 unspecified atom stereocenters. The van der Waals surface area contributed by atoms with Crippen molar-refractivity contribution in [3.63, 3.8) is 0 Å². The fourth-order valence-corrected chi connectivity index (χ4v) is 4.15. The van der Waals surface area contributed by atoms with Crippen LogP contribution in [-0.4, -0.2) is 53.9 Å². The predicted molar refractivity (Wildman–Crippen MR) is 103 cm³/mol. The van der Waals surface area contributed by atoms with Gasteiger partial charge in [0.1, 0.15) is 5.82 Å². The molecule has 7 heteroatoms. The molecule has 146 valence electrons. The van der Waals surface area contributed by atoms with E-state index >= 15 is 0 Å². The van der Waals surface area contributed by atoms with Crippen LogP contribution in [0.15, 0.2) is 18.2 Å². The van der Waals surface area contributed by atoms with Gasteiger partial charge < -0.3 is 10.2 Å². The van der Waals surface area contributed by atoms with Crippen molar-refractivity contribution in [1.29, 1.82) is 0 Å². The van der Waals surface area contributed by atoms with Crippen LogP contribution >= 0.6 is 0 Å². The van der Waals surface area contributed by atoms with E-state index < -0.39 is 11.6 Å². The van der Waals surface area contributed by atoms with E-state index in [2.05, 4.69) is 20.2 Å². The van der Waals surface area contributed by atoms with Gasteiger partial charge in [-0.25, -0.2) is 8.78 Å². The SMILES string of the molecule is Cn1nc2c(c1NCCN1CCN(c3ccc(F)c(F)c3)CC1)CCCC2. The van der Waals surface area contributed by atoms with Crippen LogP contribution in [0.2, 0.25) is 0 Å². The summed E-state index contributed by atoms with van der Waals surface area (Å²) in [5.74, 6) is -0.399.